The van der Waals surface area contributed by atoms with E-state index < -0.39 is 54.0 Å². The number of aliphatic hydroxyl groups excluding tert-OH is 1. The molecule has 3 amide bonds. The maximum absolute atomic E-state index is 13.0. The lowest BCUT2D eigenvalue weighted by Crippen LogP contribution is -2.57. The quantitative estimate of drug-likeness (QED) is 0.246. The molecule has 1 fully saturated rings. The van der Waals surface area contributed by atoms with Gasteiger partial charge in [-0.05, 0) is 25.3 Å². The van der Waals surface area contributed by atoms with Crippen LogP contribution in [0.3, 0.4) is 0 Å². The van der Waals surface area contributed by atoms with Crippen LogP contribution in [-0.4, -0.2) is 70.6 Å². The van der Waals surface area contributed by atoms with E-state index in [0.29, 0.717) is 12.2 Å². The molecule has 2 rings (SSSR count). The molecule has 0 aromatic rings. The monoisotopic (exact) mass is 473 g/mol. The molecule has 174 valence electrons. The number of rotatable bonds is 1. The lowest BCUT2D eigenvalue weighted by atomic mass is 9.96. The van der Waals surface area contributed by atoms with E-state index in [-0.39, 0.29) is 18.8 Å². The maximum atomic E-state index is 13.0. The smallest absolute Gasteiger partial charge is 0.309 e. The fourth-order valence-corrected chi connectivity index (χ4v) is 5.36. The molecule has 0 saturated carbocycles. The molecule has 11 heteroatoms. The lowest BCUT2D eigenvalue weighted by Gasteiger charge is -2.29. The van der Waals surface area contributed by atoms with Gasteiger partial charge in [0, 0.05) is 11.5 Å². The standard InChI is InChI=1S/C20H31N3O6S2/c1-11(2)18-15(24)9-17(26)29-13-6-4-5-7-30-31-10-14(20(28)23-18)22-19(27)12(3)21-16(25)8-13/h4,6,11-15,18,24H,5,7-10H2,1-3H3,(H,21,25)(H,22,27)(H,23,28)/b6-4+/t12-,13-,14-,15+,18?/m1/s1. The van der Waals surface area contributed by atoms with Crippen molar-refractivity contribution in [3.63, 3.8) is 0 Å². The van der Waals surface area contributed by atoms with E-state index >= 15 is 0 Å². The van der Waals surface area contributed by atoms with Crippen LogP contribution in [-0.2, 0) is 23.9 Å². The summed E-state index contributed by atoms with van der Waals surface area (Å²) in [7, 11) is 3.02. The highest BCUT2D eigenvalue weighted by atomic mass is 33.1. The van der Waals surface area contributed by atoms with Gasteiger partial charge in [-0.15, -0.1) is 0 Å². The molecule has 0 aliphatic carbocycles. The van der Waals surface area contributed by atoms with Crippen LogP contribution < -0.4 is 16.0 Å². The number of nitrogens with one attached hydrogen (secondary N) is 3. The zero-order valence-electron chi connectivity index (χ0n) is 18.0. The third kappa shape index (κ3) is 8.38. The molecular weight excluding hydrogens is 442 g/mol. The lowest BCUT2D eigenvalue weighted by molar-refractivity contribution is -0.151. The van der Waals surface area contributed by atoms with Gasteiger partial charge in [-0.1, -0.05) is 41.5 Å². The van der Waals surface area contributed by atoms with Crippen LogP contribution >= 0.6 is 21.6 Å². The molecule has 2 bridgehead atoms. The van der Waals surface area contributed by atoms with Gasteiger partial charge in [0.1, 0.15) is 18.2 Å². The molecule has 0 aromatic carbocycles. The van der Waals surface area contributed by atoms with Crippen molar-refractivity contribution >= 4 is 45.3 Å². The fourth-order valence-electron chi connectivity index (χ4n) is 3.20. The SMILES string of the molecule is CC(C)C1NC(=O)[C@H]2CSSCC/C=C/[C@H](CC(=O)N[C@H](C)C(=O)N2)OC(=O)C[C@@H]1O. The van der Waals surface area contributed by atoms with E-state index in [2.05, 4.69) is 16.0 Å². The molecule has 4 N–H and O–H groups in total. The summed E-state index contributed by atoms with van der Waals surface area (Å²) in [5.41, 5.74) is 0. The average molecular weight is 474 g/mol. The molecule has 0 aromatic heterocycles. The first-order valence-corrected chi connectivity index (χ1v) is 12.8. The van der Waals surface area contributed by atoms with Gasteiger partial charge in [0.2, 0.25) is 17.7 Å². The van der Waals surface area contributed by atoms with Crippen molar-refractivity contribution in [3.8, 4) is 0 Å². The average Bonchev–Trinajstić information content (AvgIpc) is 2.68. The third-order valence-electron chi connectivity index (χ3n) is 4.93. The van der Waals surface area contributed by atoms with Crippen LogP contribution in [0, 0.1) is 5.92 Å². The number of esters is 1. The highest BCUT2D eigenvalue weighted by molar-refractivity contribution is 8.76. The summed E-state index contributed by atoms with van der Waals surface area (Å²) >= 11 is 0. The molecule has 0 radical (unpaired) electrons. The second kappa shape index (κ2) is 12.4. The van der Waals surface area contributed by atoms with Crippen molar-refractivity contribution in [3.05, 3.63) is 12.2 Å². The van der Waals surface area contributed by atoms with E-state index in [0.717, 1.165) is 5.75 Å². The van der Waals surface area contributed by atoms with Crippen LogP contribution in [0.25, 0.3) is 0 Å². The van der Waals surface area contributed by atoms with Crippen molar-refractivity contribution < 1.29 is 29.0 Å². The van der Waals surface area contributed by atoms with E-state index in [1.165, 1.54) is 17.7 Å². The first kappa shape index (κ1) is 25.5. The Morgan fingerprint density at radius 3 is 2.52 bits per heavy atom. The summed E-state index contributed by atoms with van der Waals surface area (Å²) in [4.78, 5) is 50.4. The molecule has 2 aliphatic rings. The van der Waals surface area contributed by atoms with E-state index in [1.54, 1.807) is 16.9 Å². The Morgan fingerprint density at radius 1 is 1.06 bits per heavy atom. The summed E-state index contributed by atoms with van der Waals surface area (Å²) in [6, 6.07) is -2.44. The number of carbonyl (C=O) groups excluding carboxylic acids is 4. The Morgan fingerprint density at radius 2 is 1.81 bits per heavy atom. The van der Waals surface area contributed by atoms with Crippen LogP contribution in [0.5, 0.6) is 0 Å². The number of allylic oxidation sites excluding steroid dienone is 1. The Bertz CT molecular complexity index is 702. The zero-order valence-corrected chi connectivity index (χ0v) is 19.6. The molecule has 1 unspecified atom stereocenters. The number of aliphatic hydroxyl groups is 1. The van der Waals surface area contributed by atoms with Crippen molar-refractivity contribution in [2.45, 2.75) is 70.4 Å². The van der Waals surface area contributed by atoms with Gasteiger partial charge in [0.05, 0.1) is 25.0 Å². The topological polar surface area (TPSA) is 134 Å². The molecule has 0 spiro atoms. The van der Waals surface area contributed by atoms with Crippen LogP contribution in [0.15, 0.2) is 12.2 Å². The number of fused-ring (bicyclic) bond motifs is 7. The van der Waals surface area contributed by atoms with Gasteiger partial charge in [-0.3, -0.25) is 19.2 Å². The summed E-state index contributed by atoms with van der Waals surface area (Å²) in [6.07, 6.45) is 1.72. The Labute approximate surface area is 190 Å². The molecule has 31 heavy (non-hydrogen) atoms. The predicted octanol–water partition coefficient (Wildman–Crippen LogP) is 0.525. The third-order valence-corrected chi connectivity index (χ3v) is 7.37. The van der Waals surface area contributed by atoms with E-state index in [4.69, 9.17) is 4.74 Å². The minimum atomic E-state index is -1.18. The Kier molecular flexibility index (Phi) is 10.2. The van der Waals surface area contributed by atoms with Gasteiger partial charge in [-0.25, -0.2) is 0 Å². The van der Waals surface area contributed by atoms with Crippen LogP contribution in [0.2, 0.25) is 0 Å². The first-order chi connectivity index (χ1) is 14.7. The second-order valence-corrected chi connectivity index (χ2v) is 10.6. The van der Waals surface area contributed by atoms with Crippen molar-refractivity contribution in [1.29, 1.82) is 0 Å². The summed E-state index contributed by atoms with van der Waals surface area (Å²) < 4.78 is 5.43. The molecule has 2 heterocycles. The van der Waals surface area contributed by atoms with Gasteiger partial charge in [-0.2, -0.15) is 0 Å². The number of carbonyl (C=O) groups is 4. The number of hydrogen-bond acceptors (Lipinski definition) is 8. The van der Waals surface area contributed by atoms with Gasteiger partial charge >= 0.3 is 5.97 Å². The molecule has 9 nitrogen and oxygen atoms in total. The van der Waals surface area contributed by atoms with Crippen molar-refractivity contribution in [1.82, 2.24) is 16.0 Å². The van der Waals surface area contributed by atoms with Crippen LogP contribution in [0.4, 0.5) is 0 Å². The molecule has 2 aliphatic heterocycles. The highest BCUT2D eigenvalue weighted by Crippen LogP contribution is 2.24. The maximum Gasteiger partial charge on any atom is 0.309 e. The number of amides is 3. The van der Waals surface area contributed by atoms with Gasteiger partial charge in [0.25, 0.3) is 0 Å². The van der Waals surface area contributed by atoms with Crippen molar-refractivity contribution in [2.24, 2.45) is 5.92 Å². The van der Waals surface area contributed by atoms with Gasteiger partial charge < -0.3 is 25.8 Å². The Balaban J connectivity index is 2.41. The van der Waals surface area contributed by atoms with E-state index in [9.17, 15) is 24.3 Å². The van der Waals surface area contributed by atoms with Crippen LogP contribution in [0.1, 0.15) is 40.0 Å². The predicted molar refractivity (Wildman–Crippen MR) is 120 cm³/mol. The second-order valence-electron chi connectivity index (χ2n) is 7.96. The fraction of sp³-hybridized carbons (Fsp3) is 0.700. The summed E-state index contributed by atoms with van der Waals surface area (Å²) in [6.45, 7) is 5.17. The summed E-state index contributed by atoms with van der Waals surface area (Å²) in [5, 5.41) is 18.7. The zero-order chi connectivity index (χ0) is 23.0. The number of ether oxygens (including phenoxy) is 1. The molecule has 5 atom stereocenters. The Hall–Kier alpha value is -1.72. The van der Waals surface area contributed by atoms with Crippen molar-refractivity contribution in [2.75, 3.05) is 11.5 Å². The highest BCUT2D eigenvalue weighted by Gasteiger charge is 2.32. The summed E-state index contributed by atoms with van der Waals surface area (Å²) in [5.74, 6) is -1.17. The minimum Gasteiger partial charge on any atom is -0.457 e. The van der Waals surface area contributed by atoms with Gasteiger partial charge in [0.15, 0.2) is 0 Å². The first-order valence-electron chi connectivity index (χ1n) is 10.4. The number of hydrogen-bond donors (Lipinski definition) is 4. The molecular formula is C20H31N3O6S2. The normalized spacial score (nSPS) is 33.1. The largest absolute Gasteiger partial charge is 0.457 e. The van der Waals surface area contributed by atoms with E-state index in [1.807, 2.05) is 19.9 Å². The minimum absolute atomic E-state index is 0.147. The molecule has 1 saturated heterocycles.